The van der Waals surface area contributed by atoms with Gasteiger partial charge in [-0.3, -0.25) is 9.59 Å². The van der Waals surface area contributed by atoms with Crippen molar-refractivity contribution < 1.29 is 31.9 Å². The Morgan fingerprint density at radius 1 is 1.12 bits per heavy atom. The smallest absolute Gasteiger partial charge is 0.373 e. The Morgan fingerprint density at radius 3 is 2.45 bits per heavy atom. The van der Waals surface area contributed by atoms with Crippen LogP contribution in [0, 0.1) is 11.7 Å². The van der Waals surface area contributed by atoms with Gasteiger partial charge in [0, 0.05) is 37.3 Å². The molecule has 0 bridgehead atoms. The molecule has 3 rings (SSSR count). The normalized spacial score (nSPS) is 16.7. The van der Waals surface area contributed by atoms with E-state index in [4.69, 9.17) is 4.74 Å². The maximum Gasteiger partial charge on any atom is 0.416 e. The van der Waals surface area contributed by atoms with Gasteiger partial charge in [-0.25, -0.2) is 4.39 Å². The fourth-order valence-corrected chi connectivity index (χ4v) is 3.73. The first-order valence-electron chi connectivity index (χ1n) is 10.7. The standard InChI is InChI=1S/C24H26F4N2O3/c1-16(2)13-30(22(31)17-6-8-20(25)9-7-17)15-21-14-29(10-11-33-21)23(32)18-4-3-5-19(12-18)24(26,27)28/h3-9,12,16,21H,10-11,13-15H2,1-2H3. The van der Waals surface area contributed by atoms with Gasteiger partial charge in [0.05, 0.1) is 18.3 Å². The molecule has 1 aliphatic rings. The van der Waals surface area contributed by atoms with E-state index in [0.717, 1.165) is 12.1 Å². The van der Waals surface area contributed by atoms with Crippen molar-refractivity contribution in [2.45, 2.75) is 26.1 Å². The van der Waals surface area contributed by atoms with Crippen LogP contribution in [0.25, 0.3) is 0 Å². The molecule has 0 radical (unpaired) electrons. The highest BCUT2D eigenvalue weighted by Crippen LogP contribution is 2.30. The molecule has 0 saturated carbocycles. The number of rotatable bonds is 6. The summed E-state index contributed by atoms with van der Waals surface area (Å²) in [4.78, 5) is 28.9. The van der Waals surface area contributed by atoms with Gasteiger partial charge in [-0.1, -0.05) is 19.9 Å². The van der Waals surface area contributed by atoms with Gasteiger partial charge in [0.25, 0.3) is 11.8 Å². The Bertz CT molecular complexity index is 976. The first kappa shape index (κ1) is 24.7. The van der Waals surface area contributed by atoms with Crippen molar-refractivity contribution >= 4 is 11.8 Å². The number of amides is 2. The van der Waals surface area contributed by atoms with Crippen LogP contribution in [-0.4, -0.2) is 60.5 Å². The minimum Gasteiger partial charge on any atom is -0.373 e. The quantitative estimate of drug-likeness (QED) is 0.590. The third-order valence-corrected chi connectivity index (χ3v) is 5.25. The lowest BCUT2D eigenvalue weighted by molar-refractivity contribution is -0.137. The summed E-state index contributed by atoms with van der Waals surface area (Å²) in [6.07, 6.45) is -5.04. The third-order valence-electron chi connectivity index (χ3n) is 5.25. The Kier molecular flexibility index (Phi) is 7.73. The number of carbonyl (C=O) groups is 2. The number of morpholine rings is 1. The molecule has 0 aliphatic carbocycles. The van der Waals surface area contributed by atoms with Crippen molar-refractivity contribution in [3.8, 4) is 0 Å². The molecule has 178 valence electrons. The van der Waals surface area contributed by atoms with E-state index in [2.05, 4.69) is 0 Å². The van der Waals surface area contributed by atoms with Crippen LogP contribution in [0.5, 0.6) is 0 Å². The van der Waals surface area contributed by atoms with Gasteiger partial charge in [-0.2, -0.15) is 13.2 Å². The van der Waals surface area contributed by atoms with Crippen molar-refractivity contribution in [3.05, 3.63) is 71.0 Å². The van der Waals surface area contributed by atoms with Crippen LogP contribution in [0.1, 0.15) is 40.1 Å². The predicted octanol–water partition coefficient (Wildman–Crippen LogP) is 4.48. The molecule has 2 aromatic carbocycles. The monoisotopic (exact) mass is 466 g/mol. The van der Waals surface area contributed by atoms with Crippen molar-refractivity contribution in [2.75, 3.05) is 32.8 Å². The van der Waals surface area contributed by atoms with Crippen LogP contribution < -0.4 is 0 Å². The lowest BCUT2D eigenvalue weighted by Crippen LogP contribution is -2.51. The maximum absolute atomic E-state index is 13.2. The number of alkyl halides is 3. The summed E-state index contributed by atoms with van der Waals surface area (Å²) in [6, 6.07) is 9.58. The average molecular weight is 466 g/mol. The zero-order valence-electron chi connectivity index (χ0n) is 18.4. The van der Waals surface area contributed by atoms with Gasteiger partial charge in [-0.15, -0.1) is 0 Å². The van der Waals surface area contributed by atoms with Crippen molar-refractivity contribution in [1.29, 1.82) is 0 Å². The fourth-order valence-electron chi connectivity index (χ4n) is 3.73. The summed E-state index contributed by atoms with van der Waals surface area (Å²) < 4.78 is 58.1. The molecule has 2 amide bonds. The molecule has 1 heterocycles. The van der Waals surface area contributed by atoms with Gasteiger partial charge < -0.3 is 14.5 Å². The summed E-state index contributed by atoms with van der Waals surface area (Å²) in [5.41, 5.74) is -0.595. The first-order chi connectivity index (χ1) is 15.5. The number of benzene rings is 2. The van der Waals surface area contributed by atoms with Gasteiger partial charge in [-0.05, 0) is 48.4 Å². The Hall–Kier alpha value is -2.94. The minimum absolute atomic E-state index is 0.0492. The molecule has 0 spiro atoms. The number of ether oxygens (including phenoxy) is 1. The van der Waals surface area contributed by atoms with Gasteiger partial charge >= 0.3 is 6.18 Å². The number of hydrogen-bond acceptors (Lipinski definition) is 3. The zero-order chi connectivity index (χ0) is 24.2. The minimum atomic E-state index is -4.54. The summed E-state index contributed by atoms with van der Waals surface area (Å²) in [7, 11) is 0. The predicted molar refractivity (Wildman–Crippen MR) is 114 cm³/mol. The highest BCUT2D eigenvalue weighted by atomic mass is 19.4. The van der Waals surface area contributed by atoms with Crippen LogP contribution in [-0.2, 0) is 10.9 Å². The van der Waals surface area contributed by atoms with Crippen LogP contribution >= 0.6 is 0 Å². The second-order valence-electron chi connectivity index (χ2n) is 8.43. The number of carbonyl (C=O) groups excluding carboxylic acids is 2. The molecule has 5 nitrogen and oxygen atoms in total. The van der Waals surface area contributed by atoms with E-state index in [1.807, 2.05) is 13.8 Å². The molecule has 1 unspecified atom stereocenters. The van der Waals surface area contributed by atoms with E-state index in [1.165, 1.54) is 41.3 Å². The fraction of sp³-hybridized carbons (Fsp3) is 0.417. The molecule has 9 heteroatoms. The van der Waals surface area contributed by atoms with E-state index in [-0.39, 0.29) is 43.6 Å². The number of halogens is 4. The molecule has 1 fully saturated rings. The summed E-state index contributed by atoms with van der Waals surface area (Å²) in [6.45, 7) is 5.11. The van der Waals surface area contributed by atoms with E-state index in [0.29, 0.717) is 12.1 Å². The number of hydrogen-bond donors (Lipinski definition) is 0. The van der Waals surface area contributed by atoms with Gasteiger partial charge in [0.15, 0.2) is 0 Å². The summed E-state index contributed by atoms with van der Waals surface area (Å²) >= 11 is 0. The largest absolute Gasteiger partial charge is 0.416 e. The van der Waals surface area contributed by atoms with Crippen molar-refractivity contribution in [2.24, 2.45) is 5.92 Å². The highest BCUT2D eigenvalue weighted by Gasteiger charge is 2.33. The lowest BCUT2D eigenvalue weighted by Gasteiger charge is -2.36. The molecule has 1 atom stereocenters. The molecular formula is C24H26F4N2O3. The molecule has 33 heavy (non-hydrogen) atoms. The van der Waals surface area contributed by atoms with E-state index >= 15 is 0 Å². The molecule has 0 aromatic heterocycles. The van der Waals surface area contributed by atoms with Crippen LogP contribution in [0.15, 0.2) is 48.5 Å². The van der Waals surface area contributed by atoms with Crippen LogP contribution in [0.2, 0.25) is 0 Å². The van der Waals surface area contributed by atoms with Crippen molar-refractivity contribution in [3.63, 3.8) is 0 Å². The van der Waals surface area contributed by atoms with Crippen molar-refractivity contribution in [1.82, 2.24) is 9.80 Å². The Morgan fingerprint density at radius 2 is 1.82 bits per heavy atom. The molecule has 1 aliphatic heterocycles. The van der Waals surface area contributed by atoms with E-state index in [1.54, 1.807) is 4.90 Å². The second-order valence-corrected chi connectivity index (χ2v) is 8.43. The third kappa shape index (κ3) is 6.54. The number of nitrogens with zero attached hydrogens (tertiary/aromatic N) is 2. The first-order valence-corrected chi connectivity index (χ1v) is 10.7. The van der Waals surface area contributed by atoms with E-state index < -0.39 is 29.6 Å². The molecule has 2 aromatic rings. The summed E-state index contributed by atoms with van der Waals surface area (Å²) in [5, 5.41) is 0. The Balaban J connectivity index is 1.72. The zero-order valence-corrected chi connectivity index (χ0v) is 18.4. The van der Waals surface area contributed by atoms with Crippen LogP contribution in [0.3, 0.4) is 0 Å². The van der Waals surface area contributed by atoms with Crippen LogP contribution in [0.4, 0.5) is 17.6 Å². The lowest BCUT2D eigenvalue weighted by atomic mass is 10.1. The Labute approximate surface area is 189 Å². The highest BCUT2D eigenvalue weighted by molar-refractivity contribution is 5.95. The maximum atomic E-state index is 13.2. The topological polar surface area (TPSA) is 49.9 Å². The second kappa shape index (κ2) is 10.3. The average Bonchev–Trinajstić information content (AvgIpc) is 2.77. The molecule has 1 saturated heterocycles. The van der Waals surface area contributed by atoms with Gasteiger partial charge in [0.1, 0.15) is 5.82 Å². The summed E-state index contributed by atoms with van der Waals surface area (Å²) in [5.74, 6) is -1.09. The van der Waals surface area contributed by atoms with E-state index in [9.17, 15) is 27.2 Å². The molecular weight excluding hydrogens is 440 g/mol. The molecule has 0 N–H and O–H groups in total. The van der Waals surface area contributed by atoms with Gasteiger partial charge in [0.2, 0.25) is 0 Å². The SMILES string of the molecule is CC(C)CN(CC1CN(C(=O)c2cccc(C(F)(F)F)c2)CCO1)C(=O)c1ccc(F)cc1.